The van der Waals surface area contributed by atoms with Crippen LogP contribution in [-0.4, -0.2) is 54.0 Å². The fraction of sp³-hybridized carbons (Fsp3) is 0.294. The summed E-state index contributed by atoms with van der Waals surface area (Å²) in [7, 11) is -3.64. The molecule has 0 atom stereocenters. The number of furan rings is 1. The minimum Gasteiger partial charge on any atom is -0.459 e. The summed E-state index contributed by atoms with van der Waals surface area (Å²) in [5.41, 5.74) is 0. The number of halogens is 2. The van der Waals surface area contributed by atoms with E-state index in [4.69, 9.17) is 20.4 Å². The third-order valence-corrected chi connectivity index (χ3v) is 7.28. The molecule has 4 rings (SSSR count). The van der Waals surface area contributed by atoms with Crippen LogP contribution in [-0.2, 0) is 16.6 Å². The average Bonchev–Trinajstić information content (AvgIpc) is 3.33. The van der Waals surface area contributed by atoms with Crippen LogP contribution in [0.15, 0.2) is 54.8 Å². The highest BCUT2D eigenvalue weighted by atomic mass is 79.9. The minimum absolute atomic E-state index is 0.116. The number of aromatic nitrogens is 2. The topological polar surface area (TPSA) is 92.7 Å². The summed E-state index contributed by atoms with van der Waals surface area (Å²) in [4.78, 5) is 2.18. The molecule has 0 bridgehead atoms. The summed E-state index contributed by atoms with van der Waals surface area (Å²) in [5.74, 6) is 1.30. The van der Waals surface area contributed by atoms with Crippen molar-refractivity contribution in [1.29, 1.82) is 0 Å². The third-order valence-electron chi connectivity index (χ3n) is 4.40. The maximum atomic E-state index is 12.9. The van der Waals surface area contributed by atoms with E-state index < -0.39 is 10.0 Å². The first-order valence-electron chi connectivity index (χ1n) is 8.47. The summed E-state index contributed by atoms with van der Waals surface area (Å²) >= 11 is 9.42. The molecule has 0 N–H and O–H groups in total. The van der Waals surface area contributed by atoms with Gasteiger partial charge in [0.1, 0.15) is 4.90 Å². The van der Waals surface area contributed by atoms with E-state index >= 15 is 0 Å². The van der Waals surface area contributed by atoms with Gasteiger partial charge in [-0.2, -0.15) is 4.31 Å². The van der Waals surface area contributed by atoms with Gasteiger partial charge in [0, 0.05) is 30.7 Å². The Bertz CT molecular complexity index is 1060. The zero-order valence-corrected chi connectivity index (χ0v) is 17.7. The van der Waals surface area contributed by atoms with Gasteiger partial charge < -0.3 is 8.83 Å². The van der Waals surface area contributed by atoms with E-state index in [0.717, 1.165) is 4.47 Å². The molecule has 0 unspecified atom stereocenters. The van der Waals surface area contributed by atoms with E-state index in [1.807, 2.05) is 0 Å². The highest BCUT2D eigenvalue weighted by Gasteiger charge is 2.30. The molecule has 148 valence electrons. The molecule has 0 radical (unpaired) electrons. The highest BCUT2D eigenvalue weighted by molar-refractivity contribution is 9.10. The van der Waals surface area contributed by atoms with Crippen LogP contribution in [0.4, 0.5) is 0 Å². The first kappa shape index (κ1) is 19.6. The van der Waals surface area contributed by atoms with Gasteiger partial charge in [-0.1, -0.05) is 27.5 Å². The molecule has 1 aromatic carbocycles. The van der Waals surface area contributed by atoms with Gasteiger partial charge in [-0.3, -0.25) is 4.90 Å². The molecule has 3 heterocycles. The van der Waals surface area contributed by atoms with Gasteiger partial charge in [0.2, 0.25) is 15.9 Å². The van der Waals surface area contributed by atoms with Crippen molar-refractivity contribution in [2.75, 3.05) is 26.2 Å². The fourth-order valence-corrected chi connectivity index (χ4v) is 5.39. The van der Waals surface area contributed by atoms with E-state index in [0.29, 0.717) is 50.3 Å². The average molecular weight is 488 g/mol. The third kappa shape index (κ3) is 4.01. The van der Waals surface area contributed by atoms with Crippen LogP contribution in [0.25, 0.3) is 11.7 Å². The van der Waals surface area contributed by atoms with Crippen molar-refractivity contribution in [2.24, 2.45) is 0 Å². The van der Waals surface area contributed by atoms with Crippen molar-refractivity contribution in [3.8, 4) is 11.7 Å². The van der Waals surface area contributed by atoms with Gasteiger partial charge in [0.05, 0.1) is 17.8 Å². The summed E-state index contributed by atoms with van der Waals surface area (Å²) in [6.07, 6.45) is 1.54. The normalized spacial score (nSPS) is 16.5. The van der Waals surface area contributed by atoms with Crippen molar-refractivity contribution in [2.45, 2.75) is 11.4 Å². The second-order valence-corrected chi connectivity index (χ2v) is 9.46. The lowest BCUT2D eigenvalue weighted by molar-refractivity contribution is 0.168. The number of hydrogen-bond donors (Lipinski definition) is 0. The van der Waals surface area contributed by atoms with E-state index in [2.05, 4.69) is 31.0 Å². The van der Waals surface area contributed by atoms with Gasteiger partial charge >= 0.3 is 0 Å². The Hall–Kier alpha value is -1.72. The van der Waals surface area contributed by atoms with Gasteiger partial charge in [-0.05, 0) is 30.3 Å². The molecule has 1 saturated heterocycles. The molecule has 11 heteroatoms. The molecular weight excluding hydrogens is 472 g/mol. The predicted molar refractivity (Wildman–Crippen MR) is 105 cm³/mol. The quantitative estimate of drug-likeness (QED) is 0.545. The van der Waals surface area contributed by atoms with E-state index in [-0.39, 0.29) is 9.92 Å². The second-order valence-electron chi connectivity index (χ2n) is 6.23. The number of sulfonamides is 1. The van der Waals surface area contributed by atoms with Crippen LogP contribution in [0.5, 0.6) is 0 Å². The zero-order valence-electron chi connectivity index (χ0n) is 14.6. The van der Waals surface area contributed by atoms with Crippen molar-refractivity contribution >= 4 is 37.6 Å². The van der Waals surface area contributed by atoms with Gasteiger partial charge in [0.25, 0.3) is 5.89 Å². The van der Waals surface area contributed by atoms with Crippen LogP contribution < -0.4 is 0 Å². The Kier molecular flexibility index (Phi) is 5.57. The standard InChI is InChI=1S/C17H16BrClN4O4S/c18-12-3-4-15(13(19)10-12)28(24,25)23-7-5-22(6-8-23)11-16-20-21-17(27-16)14-2-1-9-26-14/h1-4,9-10H,5-8,11H2. The number of rotatable bonds is 5. The van der Waals surface area contributed by atoms with Crippen LogP contribution in [0.3, 0.4) is 0 Å². The molecule has 1 aliphatic heterocycles. The maximum Gasteiger partial charge on any atom is 0.283 e. The Morgan fingerprint density at radius 1 is 1.14 bits per heavy atom. The number of benzene rings is 1. The first-order valence-corrected chi connectivity index (χ1v) is 11.1. The van der Waals surface area contributed by atoms with Gasteiger partial charge in [-0.15, -0.1) is 10.2 Å². The molecule has 3 aromatic rings. The summed E-state index contributed by atoms with van der Waals surface area (Å²) in [5, 5.41) is 8.20. The van der Waals surface area contributed by atoms with Crippen LogP contribution >= 0.6 is 27.5 Å². The fourth-order valence-electron chi connectivity index (χ4n) is 2.96. The monoisotopic (exact) mass is 486 g/mol. The van der Waals surface area contributed by atoms with Crippen molar-refractivity contribution in [1.82, 2.24) is 19.4 Å². The molecule has 0 amide bonds. The largest absolute Gasteiger partial charge is 0.459 e. The SMILES string of the molecule is O=S(=O)(c1ccc(Br)cc1Cl)N1CCN(Cc2nnc(-c3ccco3)o2)CC1. The molecule has 28 heavy (non-hydrogen) atoms. The van der Waals surface area contributed by atoms with Crippen LogP contribution in [0.1, 0.15) is 5.89 Å². The molecular formula is C17H16BrClN4O4S. The van der Waals surface area contributed by atoms with Crippen molar-refractivity contribution < 1.29 is 17.3 Å². The van der Waals surface area contributed by atoms with Gasteiger partial charge in [-0.25, -0.2) is 8.42 Å². The number of nitrogens with zero attached hydrogens (tertiary/aromatic N) is 4. The lowest BCUT2D eigenvalue weighted by Gasteiger charge is -2.33. The highest BCUT2D eigenvalue weighted by Crippen LogP contribution is 2.28. The smallest absolute Gasteiger partial charge is 0.283 e. The second kappa shape index (κ2) is 7.96. The molecule has 8 nitrogen and oxygen atoms in total. The van der Waals surface area contributed by atoms with E-state index in [1.54, 1.807) is 24.3 Å². The molecule has 2 aromatic heterocycles. The van der Waals surface area contributed by atoms with Gasteiger partial charge in [0.15, 0.2) is 5.76 Å². The first-order chi connectivity index (χ1) is 13.4. The lowest BCUT2D eigenvalue weighted by atomic mass is 10.3. The van der Waals surface area contributed by atoms with Crippen LogP contribution in [0.2, 0.25) is 5.02 Å². The molecule has 0 saturated carbocycles. The minimum atomic E-state index is -3.64. The molecule has 0 aliphatic carbocycles. The van der Waals surface area contributed by atoms with Crippen LogP contribution in [0, 0.1) is 0 Å². The number of piperazine rings is 1. The van der Waals surface area contributed by atoms with E-state index in [1.165, 1.54) is 16.6 Å². The maximum absolute atomic E-state index is 12.9. The van der Waals surface area contributed by atoms with Crippen molar-refractivity contribution in [3.05, 3.63) is 52.0 Å². The summed E-state index contributed by atoms with van der Waals surface area (Å²) < 4.78 is 38.8. The Morgan fingerprint density at radius 3 is 2.61 bits per heavy atom. The molecule has 1 fully saturated rings. The summed E-state index contributed by atoms with van der Waals surface area (Å²) in [6.45, 7) is 2.25. The zero-order chi connectivity index (χ0) is 19.7. The van der Waals surface area contributed by atoms with Crippen molar-refractivity contribution in [3.63, 3.8) is 0 Å². The lowest BCUT2D eigenvalue weighted by Crippen LogP contribution is -2.48. The Balaban J connectivity index is 1.39. The molecule has 0 spiro atoms. The predicted octanol–water partition coefficient (Wildman–Crippen LogP) is 3.25. The Labute approximate surface area is 175 Å². The van der Waals surface area contributed by atoms with E-state index in [9.17, 15) is 8.42 Å². The number of hydrogen-bond acceptors (Lipinski definition) is 7. The Morgan fingerprint density at radius 2 is 1.93 bits per heavy atom. The molecule has 1 aliphatic rings. The summed E-state index contributed by atoms with van der Waals surface area (Å²) in [6, 6.07) is 8.26.